The summed E-state index contributed by atoms with van der Waals surface area (Å²) in [6.45, 7) is 2.10. The molecule has 142 valence electrons. The van der Waals surface area contributed by atoms with E-state index in [9.17, 15) is 4.39 Å². The summed E-state index contributed by atoms with van der Waals surface area (Å²) in [5.74, 6) is -0.190. The zero-order chi connectivity index (χ0) is 19.2. The molecule has 3 aromatic carbocycles. The summed E-state index contributed by atoms with van der Waals surface area (Å²) < 4.78 is 13.5. The van der Waals surface area contributed by atoms with Gasteiger partial charge in [-0.05, 0) is 53.8 Å². The van der Waals surface area contributed by atoms with Crippen molar-refractivity contribution in [3.8, 4) is 11.1 Å². The van der Waals surface area contributed by atoms with Crippen molar-refractivity contribution in [2.24, 2.45) is 0 Å². The van der Waals surface area contributed by atoms with Crippen LogP contribution in [-0.4, -0.2) is 18.0 Å². The Kier molecular flexibility index (Phi) is 5.98. The maximum absolute atomic E-state index is 13.5. The molecule has 1 aliphatic heterocycles. The molecule has 0 spiro atoms. The molecule has 0 N–H and O–H groups in total. The van der Waals surface area contributed by atoms with Crippen molar-refractivity contribution >= 4 is 6.08 Å². The van der Waals surface area contributed by atoms with Crippen LogP contribution in [0.4, 0.5) is 4.39 Å². The average Bonchev–Trinajstić information content (AvgIpc) is 2.75. The number of hydrogen-bond donors (Lipinski definition) is 0. The van der Waals surface area contributed by atoms with E-state index >= 15 is 0 Å². The monoisotopic (exact) mass is 371 g/mol. The Hall–Kier alpha value is -2.71. The van der Waals surface area contributed by atoms with Gasteiger partial charge in [0.05, 0.1) is 0 Å². The number of rotatable bonds is 5. The predicted molar refractivity (Wildman–Crippen MR) is 115 cm³/mol. The second-order valence-corrected chi connectivity index (χ2v) is 7.45. The molecule has 2 heteroatoms. The van der Waals surface area contributed by atoms with E-state index in [4.69, 9.17) is 0 Å². The van der Waals surface area contributed by atoms with Crippen molar-refractivity contribution in [2.75, 3.05) is 13.1 Å². The number of piperidine rings is 1. The zero-order valence-electron chi connectivity index (χ0n) is 16.1. The molecule has 1 nitrogen and oxygen atoms in total. The molecule has 1 heterocycles. The van der Waals surface area contributed by atoms with E-state index in [1.807, 2.05) is 12.1 Å². The average molecular weight is 371 g/mol. The van der Waals surface area contributed by atoms with Gasteiger partial charge in [0.1, 0.15) is 5.82 Å². The standard InChI is InChI=1S/C26H26FN/c27-25-12-6-11-24(20-25)22-14-16-23(17-15-22)26-13-4-5-18-28(26)19-7-10-21-8-2-1-3-9-21/h1-3,6-12,14-17,20,26H,4-5,13,18-19H2. The molecule has 3 aromatic rings. The molecule has 1 saturated heterocycles. The molecule has 0 radical (unpaired) electrons. The summed E-state index contributed by atoms with van der Waals surface area (Å²) in [5, 5.41) is 0. The van der Waals surface area contributed by atoms with Crippen LogP contribution in [0, 0.1) is 5.82 Å². The minimum Gasteiger partial charge on any atom is -0.293 e. The largest absolute Gasteiger partial charge is 0.293 e. The van der Waals surface area contributed by atoms with Crippen LogP contribution in [-0.2, 0) is 0 Å². The van der Waals surface area contributed by atoms with Gasteiger partial charge in [0.25, 0.3) is 0 Å². The molecule has 28 heavy (non-hydrogen) atoms. The summed E-state index contributed by atoms with van der Waals surface area (Å²) in [5.41, 5.74) is 4.59. The van der Waals surface area contributed by atoms with Gasteiger partial charge in [0.2, 0.25) is 0 Å². The van der Waals surface area contributed by atoms with Crippen LogP contribution in [0.1, 0.15) is 36.4 Å². The molecule has 1 aliphatic rings. The van der Waals surface area contributed by atoms with Crippen LogP contribution < -0.4 is 0 Å². The molecule has 0 aliphatic carbocycles. The predicted octanol–water partition coefficient (Wildman–Crippen LogP) is 6.73. The molecule has 0 aromatic heterocycles. The quantitative estimate of drug-likeness (QED) is 0.480. The van der Waals surface area contributed by atoms with Crippen molar-refractivity contribution in [1.82, 2.24) is 4.90 Å². The van der Waals surface area contributed by atoms with Gasteiger partial charge >= 0.3 is 0 Å². The van der Waals surface area contributed by atoms with Gasteiger partial charge in [-0.15, -0.1) is 0 Å². The van der Waals surface area contributed by atoms with Gasteiger partial charge in [-0.1, -0.05) is 85.3 Å². The molecule has 0 saturated carbocycles. The molecule has 0 amide bonds. The van der Waals surface area contributed by atoms with Gasteiger partial charge in [0, 0.05) is 12.6 Å². The molecular weight excluding hydrogens is 345 g/mol. The highest BCUT2D eigenvalue weighted by atomic mass is 19.1. The first-order chi connectivity index (χ1) is 13.8. The molecule has 4 rings (SSSR count). The van der Waals surface area contributed by atoms with Crippen molar-refractivity contribution in [3.63, 3.8) is 0 Å². The first kappa shape index (κ1) is 18.6. The number of halogens is 1. The van der Waals surface area contributed by atoms with E-state index in [0.717, 1.165) is 24.2 Å². The Balaban J connectivity index is 1.47. The normalized spacial score (nSPS) is 17.8. The lowest BCUT2D eigenvalue weighted by atomic mass is 9.93. The van der Waals surface area contributed by atoms with Crippen LogP contribution in [0.3, 0.4) is 0 Å². The lowest BCUT2D eigenvalue weighted by molar-refractivity contribution is 0.166. The van der Waals surface area contributed by atoms with Gasteiger partial charge in [0.15, 0.2) is 0 Å². The number of nitrogens with zero attached hydrogens (tertiary/aromatic N) is 1. The lowest BCUT2D eigenvalue weighted by Gasteiger charge is -2.35. The van der Waals surface area contributed by atoms with Gasteiger partial charge in [-0.2, -0.15) is 0 Å². The highest BCUT2D eigenvalue weighted by molar-refractivity contribution is 5.63. The van der Waals surface area contributed by atoms with Gasteiger partial charge in [-0.3, -0.25) is 4.90 Å². The lowest BCUT2D eigenvalue weighted by Crippen LogP contribution is -2.33. The fourth-order valence-corrected chi connectivity index (χ4v) is 4.04. The third-order valence-electron chi connectivity index (χ3n) is 5.52. The Labute approximate surface area is 167 Å². The summed E-state index contributed by atoms with van der Waals surface area (Å²) in [7, 11) is 0. The summed E-state index contributed by atoms with van der Waals surface area (Å²) in [4.78, 5) is 2.57. The van der Waals surface area contributed by atoms with Crippen molar-refractivity contribution < 1.29 is 4.39 Å². The SMILES string of the molecule is Fc1cccc(-c2ccc(C3CCCCN3CC=Cc3ccccc3)cc2)c1. The minimum absolute atomic E-state index is 0.190. The third kappa shape index (κ3) is 4.58. The first-order valence-electron chi connectivity index (χ1n) is 10.1. The van der Waals surface area contributed by atoms with Crippen molar-refractivity contribution in [1.29, 1.82) is 0 Å². The second kappa shape index (κ2) is 8.99. The van der Waals surface area contributed by atoms with E-state index in [1.54, 1.807) is 12.1 Å². The number of hydrogen-bond acceptors (Lipinski definition) is 1. The molecule has 1 unspecified atom stereocenters. The summed E-state index contributed by atoms with van der Waals surface area (Å²) in [6, 6.07) is 26.4. The van der Waals surface area contributed by atoms with Gasteiger partial charge < -0.3 is 0 Å². The summed E-state index contributed by atoms with van der Waals surface area (Å²) >= 11 is 0. The fourth-order valence-electron chi connectivity index (χ4n) is 4.04. The Morgan fingerprint density at radius 2 is 1.68 bits per heavy atom. The van der Waals surface area contributed by atoms with Crippen LogP contribution >= 0.6 is 0 Å². The zero-order valence-corrected chi connectivity index (χ0v) is 16.1. The van der Waals surface area contributed by atoms with Crippen molar-refractivity contribution in [2.45, 2.75) is 25.3 Å². The second-order valence-electron chi connectivity index (χ2n) is 7.45. The van der Waals surface area contributed by atoms with Crippen LogP contribution in [0.5, 0.6) is 0 Å². The number of likely N-dealkylation sites (tertiary alicyclic amines) is 1. The van der Waals surface area contributed by atoms with E-state index in [0.29, 0.717) is 6.04 Å². The van der Waals surface area contributed by atoms with E-state index in [-0.39, 0.29) is 5.82 Å². The first-order valence-corrected chi connectivity index (χ1v) is 10.1. The van der Waals surface area contributed by atoms with Crippen LogP contribution in [0.2, 0.25) is 0 Å². The fraction of sp³-hybridized carbons (Fsp3) is 0.231. The van der Waals surface area contributed by atoms with E-state index in [2.05, 4.69) is 65.6 Å². The van der Waals surface area contributed by atoms with Crippen molar-refractivity contribution in [3.05, 3.63) is 102 Å². The highest BCUT2D eigenvalue weighted by Crippen LogP contribution is 2.32. The number of benzene rings is 3. The van der Waals surface area contributed by atoms with Crippen LogP contribution in [0.25, 0.3) is 17.2 Å². The minimum atomic E-state index is -0.190. The maximum atomic E-state index is 13.5. The van der Waals surface area contributed by atoms with Crippen LogP contribution in [0.15, 0.2) is 84.9 Å². The Morgan fingerprint density at radius 3 is 2.46 bits per heavy atom. The molecule has 0 bridgehead atoms. The third-order valence-corrected chi connectivity index (χ3v) is 5.52. The topological polar surface area (TPSA) is 3.24 Å². The Bertz CT molecular complexity index is 915. The van der Waals surface area contributed by atoms with E-state index in [1.165, 1.54) is 36.5 Å². The smallest absolute Gasteiger partial charge is 0.123 e. The highest BCUT2D eigenvalue weighted by Gasteiger charge is 2.22. The summed E-state index contributed by atoms with van der Waals surface area (Å²) in [6.07, 6.45) is 8.21. The molecular formula is C26H26FN. The molecule has 1 fully saturated rings. The van der Waals surface area contributed by atoms with Gasteiger partial charge in [-0.25, -0.2) is 4.39 Å². The molecule has 1 atom stereocenters. The maximum Gasteiger partial charge on any atom is 0.123 e. The van der Waals surface area contributed by atoms with E-state index < -0.39 is 0 Å². The Morgan fingerprint density at radius 1 is 0.857 bits per heavy atom.